The Kier molecular flexibility index (Phi) is 5.42. The Hall–Kier alpha value is -0.900. The van der Waals surface area contributed by atoms with Crippen LogP contribution in [0.1, 0.15) is 39.2 Å². The number of rotatable bonds is 6. The first-order valence-corrected chi connectivity index (χ1v) is 8.02. The highest BCUT2D eigenvalue weighted by molar-refractivity contribution is 5.25. The molecule has 0 bridgehead atoms. The predicted octanol–water partition coefficient (Wildman–Crippen LogP) is 3.01. The number of ether oxygens (including phenoxy) is 1. The van der Waals surface area contributed by atoms with Gasteiger partial charge in [-0.3, -0.25) is 4.90 Å². The lowest BCUT2D eigenvalue weighted by atomic mass is 9.84. The van der Waals surface area contributed by atoms with E-state index in [1.807, 2.05) is 0 Å². The molecule has 0 aromatic heterocycles. The van der Waals surface area contributed by atoms with Crippen molar-refractivity contribution in [2.75, 3.05) is 33.4 Å². The van der Waals surface area contributed by atoms with Crippen LogP contribution in [0, 0.1) is 0 Å². The zero-order valence-corrected chi connectivity index (χ0v) is 14.0. The first-order chi connectivity index (χ1) is 9.98. The molecule has 1 saturated heterocycles. The smallest absolute Gasteiger partial charge is 0.0535 e. The summed E-state index contributed by atoms with van der Waals surface area (Å²) in [6, 6.07) is 10.8. The summed E-state index contributed by atoms with van der Waals surface area (Å²) in [6.07, 6.45) is 2.33. The Morgan fingerprint density at radius 1 is 1.14 bits per heavy atom. The van der Waals surface area contributed by atoms with Crippen LogP contribution in [0.4, 0.5) is 0 Å². The number of unbranched alkanes of at least 4 members (excludes halogenated alkanes) is 1. The first kappa shape index (κ1) is 16.5. The SMILES string of the molecule is COCCCCN1CC(C)(c2ccccc2)NCC1(C)C. The molecule has 1 unspecified atom stereocenters. The van der Waals surface area contributed by atoms with Crippen molar-refractivity contribution in [1.29, 1.82) is 0 Å². The van der Waals surface area contributed by atoms with Gasteiger partial charge in [0, 0.05) is 32.3 Å². The fraction of sp³-hybridized carbons (Fsp3) is 0.667. The van der Waals surface area contributed by atoms with Crippen LogP contribution in [0.3, 0.4) is 0 Å². The van der Waals surface area contributed by atoms with Crippen LogP contribution in [-0.2, 0) is 10.3 Å². The van der Waals surface area contributed by atoms with Crippen LogP contribution in [-0.4, -0.2) is 43.8 Å². The molecule has 1 fully saturated rings. The van der Waals surface area contributed by atoms with E-state index in [9.17, 15) is 0 Å². The second kappa shape index (κ2) is 6.91. The molecule has 1 aliphatic rings. The van der Waals surface area contributed by atoms with E-state index in [0.717, 1.165) is 32.7 Å². The Balaban J connectivity index is 2.04. The molecule has 1 aliphatic heterocycles. The maximum atomic E-state index is 5.16. The monoisotopic (exact) mass is 290 g/mol. The summed E-state index contributed by atoms with van der Waals surface area (Å²) in [7, 11) is 1.78. The third kappa shape index (κ3) is 4.06. The molecular weight excluding hydrogens is 260 g/mol. The van der Waals surface area contributed by atoms with Crippen molar-refractivity contribution >= 4 is 0 Å². The second-order valence-corrected chi connectivity index (χ2v) is 6.99. The van der Waals surface area contributed by atoms with Gasteiger partial charge in [-0.2, -0.15) is 0 Å². The van der Waals surface area contributed by atoms with Crippen molar-refractivity contribution in [2.24, 2.45) is 0 Å². The van der Waals surface area contributed by atoms with E-state index in [4.69, 9.17) is 4.74 Å². The molecule has 0 amide bonds. The van der Waals surface area contributed by atoms with E-state index in [1.54, 1.807) is 7.11 Å². The average Bonchev–Trinajstić information content (AvgIpc) is 2.48. The fourth-order valence-electron chi connectivity index (χ4n) is 3.10. The molecule has 21 heavy (non-hydrogen) atoms. The molecule has 0 radical (unpaired) electrons. The number of nitrogens with one attached hydrogen (secondary N) is 1. The number of benzene rings is 1. The molecule has 3 nitrogen and oxygen atoms in total. The number of methoxy groups -OCH3 is 1. The molecule has 3 heteroatoms. The lowest BCUT2D eigenvalue weighted by Crippen LogP contribution is -2.65. The molecule has 1 N–H and O–H groups in total. The van der Waals surface area contributed by atoms with Gasteiger partial charge >= 0.3 is 0 Å². The summed E-state index contributed by atoms with van der Waals surface area (Å²) >= 11 is 0. The van der Waals surface area contributed by atoms with Gasteiger partial charge in [-0.15, -0.1) is 0 Å². The van der Waals surface area contributed by atoms with Gasteiger partial charge < -0.3 is 10.1 Å². The van der Waals surface area contributed by atoms with Gasteiger partial charge in [-0.05, 0) is 45.7 Å². The van der Waals surface area contributed by atoms with Crippen LogP contribution in [0.5, 0.6) is 0 Å². The van der Waals surface area contributed by atoms with Gasteiger partial charge in [0.15, 0.2) is 0 Å². The van der Waals surface area contributed by atoms with Gasteiger partial charge in [-0.25, -0.2) is 0 Å². The first-order valence-electron chi connectivity index (χ1n) is 8.02. The average molecular weight is 290 g/mol. The molecule has 0 aliphatic carbocycles. The van der Waals surface area contributed by atoms with E-state index in [2.05, 4.69) is 61.3 Å². The molecular formula is C18H30N2O. The maximum absolute atomic E-state index is 5.16. The van der Waals surface area contributed by atoms with Crippen molar-refractivity contribution in [2.45, 2.75) is 44.7 Å². The minimum Gasteiger partial charge on any atom is -0.385 e. The summed E-state index contributed by atoms with van der Waals surface area (Å²) in [5, 5.41) is 3.77. The predicted molar refractivity (Wildman–Crippen MR) is 88.6 cm³/mol. The van der Waals surface area contributed by atoms with Crippen LogP contribution in [0.2, 0.25) is 0 Å². The normalized spacial score (nSPS) is 25.9. The molecule has 118 valence electrons. The van der Waals surface area contributed by atoms with Gasteiger partial charge in [0.25, 0.3) is 0 Å². The van der Waals surface area contributed by atoms with Gasteiger partial charge in [-0.1, -0.05) is 30.3 Å². The third-order valence-corrected chi connectivity index (χ3v) is 4.71. The van der Waals surface area contributed by atoms with E-state index < -0.39 is 0 Å². The van der Waals surface area contributed by atoms with Crippen LogP contribution in [0.15, 0.2) is 30.3 Å². The summed E-state index contributed by atoms with van der Waals surface area (Å²) in [5.74, 6) is 0. The zero-order chi connectivity index (χ0) is 15.3. The molecule has 1 heterocycles. The quantitative estimate of drug-likeness (QED) is 0.815. The minimum atomic E-state index is 0.0397. The minimum absolute atomic E-state index is 0.0397. The van der Waals surface area contributed by atoms with Crippen LogP contribution < -0.4 is 5.32 Å². The number of piperazine rings is 1. The summed E-state index contributed by atoms with van der Waals surface area (Å²) in [6.45, 7) is 11.1. The highest BCUT2D eigenvalue weighted by Gasteiger charge is 2.40. The lowest BCUT2D eigenvalue weighted by molar-refractivity contribution is 0.0286. The van der Waals surface area contributed by atoms with Crippen molar-refractivity contribution in [3.05, 3.63) is 35.9 Å². The maximum Gasteiger partial charge on any atom is 0.0535 e. The third-order valence-electron chi connectivity index (χ3n) is 4.71. The van der Waals surface area contributed by atoms with E-state index in [1.165, 1.54) is 12.0 Å². The summed E-state index contributed by atoms with van der Waals surface area (Å²) in [5.41, 5.74) is 1.63. The van der Waals surface area contributed by atoms with E-state index >= 15 is 0 Å². The zero-order valence-electron chi connectivity index (χ0n) is 14.0. The number of nitrogens with zero attached hydrogens (tertiary/aromatic N) is 1. The van der Waals surface area contributed by atoms with E-state index in [0.29, 0.717) is 0 Å². The van der Waals surface area contributed by atoms with E-state index in [-0.39, 0.29) is 11.1 Å². The highest BCUT2D eigenvalue weighted by Crippen LogP contribution is 2.30. The molecule has 0 spiro atoms. The van der Waals surface area contributed by atoms with Crippen molar-refractivity contribution in [3.63, 3.8) is 0 Å². The van der Waals surface area contributed by atoms with Crippen molar-refractivity contribution < 1.29 is 4.74 Å². The molecule has 0 saturated carbocycles. The Morgan fingerprint density at radius 2 is 1.86 bits per heavy atom. The van der Waals surface area contributed by atoms with Crippen molar-refractivity contribution in [3.8, 4) is 0 Å². The lowest BCUT2D eigenvalue weighted by Gasteiger charge is -2.51. The largest absolute Gasteiger partial charge is 0.385 e. The second-order valence-electron chi connectivity index (χ2n) is 6.99. The van der Waals surface area contributed by atoms with Crippen LogP contribution in [0.25, 0.3) is 0 Å². The molecule has 1 aromatic carbocycles. The van der Waals surface area contributed by atoms with Gasteiger partial charge in [0.1, 0.15) is 0 Å². The molecule has 1 aromatic rings. The Labute approximate surface area is 129 Å². The number of hydrogen-bond donors (Lipinski definition) is 1. The summed E-state index contributed by atoms with van der Waals surface area (Å²) < 4.78 is 5.16. The number of hydrogen-bond acceptors (Lipinski definition) is 3. The highest BCUT2D eigenvalue weighted by atomic mass is 16.5. The van der Waals surface area contributed by atoms with Crippen molar-refractivity contribution in [1.82, 2.24) is 10.2 Å². The van der Waals surface area contributed by atoms with Gasteiger partial charge in [0.2, 0.25) is 0 Å². The topological polar surface area (TPSA) is 24.5 Å². The Bertz CT molecular complexity index is 432. The Morgan fingerprint density at radius 3 is 2.52 bits per heavy atom. The van der Waals surface area contributed by atoms with Crippen LogP contribution >= 0.6 is 0 Å². The summed E-state index contributed by atoms with van der Waals surface area (Å²) in [4.78, 5) is 2.63. The fourth-order valence-corrected chi connectivity index (χ4v) is 3.10. The van der Waals surface area contributed by atoms with Gasteiger partial charge in [0.05, 0.1) is 5.54 Å². The standard InChI is InChI=1S/C18H30N2O/c1-17(2)14-19-18(3,16-10-6-5-7-11-16)15-20(17)12-8-9-13-21-4/h5-7,10-11,19H,8-9,12-15H2,1-4H3. The molecule has 1 atom stereocenters. The molecule has 2 rings (SSSR count).